The number of hydrogen-bond acceptors (Lipinski definition) is 3. The minimum atomic E-state index is -3.70. The van der Waals surface area contributed by atoms with Gasteiger partial charge in [-0.05, 0) is 25.0 Å². The van der Waals surface area contributed by atoms with Gasteiger partial charge in [0.1, 0.15) is 5.82 Å². The highest BCUT2D eigenvalue weighted by Crippen LogP contribution is 2.45. The van der Waals surface area contributed by atoms with Gasteiger partial charge in [-0.2, -0.15) is 5.26 Å². The summed E-state index contributed by atoms with van der Waals surface area (Å²) in [6.45, 7) is 1.63. The van der Waals surface area contributed by atoms with Gasteiger partial charge in [-0.3, -0.25) is 0 Å². The molecule has 1 N–H and O–H groups in total. The van der Waals surface area contributed by atoms with Crippen LogP contribution in [0.2, 0.25) is 5.02 Å². The Hall–Kier alpha value is -1.16. The van der Waals surface area contributed by atoms with Crippen molar-refractivity contribution >= 4 is 21.6 Å². The SMILES string of the molecule is CCC(C#N)S(=O)(=O)NC1CC1c1c(F)cccc1Cl. The highest BCUT2D eigenvalue weighted by Gasteiger charge is 2.44. The third kappa shape index (κ3) is 2.95. The van der Waals surface area contributed by atoms with Crippen LogP contribution in [0.4, 0.5) is 4.39 Å². The summed E-state index contributed by atoms with van der Waals surface area (Å²) in [5, 5.41) is 8.03. The molecule has 108 valence electrons. The largest absolute Gasteiger partial charge is 0.228 e. The zero-order valence-corrected chi connectivity index (χ0v) is 12.4. The summed E-state index contributed by atoms with van der Waals surface area (Å²) in [5.74, 6) is -0.703. The Balaban J connectivity index is 2.12. The Morgan fingerprint density at radius 3 is 2.85 bits per heavy atom. The van der Waals surface area contributed by atoms with E-state index in [-0.39, 0.29) is 12.3 Å². The van der Waals surface area contributed by atoms with E-state index < -0.39 is 27.1 Å². The van der Waals surface area contributed by atoms with Crippen LogP contribution < -0.4 is 4.72 Å². The summed E-state index contributed by atoms with van der Waals surface area (Å²) < 4.78 is 40.0. The molecule has 0 spiro atoms. The summed E-state index contributed by atoms with van der Waals surface area (Å²) in [5.41, 5.74) is 0.340. The highest BCUT2D eigenvalue weighted by atomic mass is 35.5. The van der Waals surface area contributed by atoms with Crippen molar-refractivity contribution in [3.8, 4) is 6.07 Å². The van der Waals surface area contributed by atoms with Gasteiger partial charge in [-0.15, -0.1) is 0 Å². The predicted molar refractivity (Wildman–Crippen MR) is 74.3 cm³/mol. The number of nitrogens with one attached hydrogen (secondary N) is 1. The van der Waals surface area contributed by atoms with Crippen LogP contribution in [0.1, 0.15) is 31.2 Å². The van der Waals surface area contributed by atoms with Gasteiger partial charge in [0.15, 0.2) is 5.25 Å². The first-order chi connectivity index (χ1) is 9.40. The van der Waals surface area contributed by atoms with Crippen molar-refractivity contribution in [3.05, 3.63) is 34.6 Å². The molecule has 0 radical (unpaired) electrons. The molecule has 0 aromatic heterocycles. The maximum absolute atomic E-state index is 13.7. The predicted octanol–water partition coefficient (Wildman–Crippen LogP) is 2.56. The van der Waals surface area contributed by atoms with Crippen LogP contribution in [0.15, 0.2) is 18.2 Å². The molecule has 0 heterocycles. The van der Waals surface area contributed by atoms with Crippen LogP contribution in [0.25, 0.3) is 0 Å². The van der Waals surface area contributed by atoms with E-state index in [0.717, 1.165) is 0 Å². The molecule has 0 bridgehead atoms. The second-order valence-electron chi connectivity index (χ2n) is 4.77. The van der Waals surface area contributed by atoms with E-state index in [1.807, 2.05) is 0 Å². The fourth-order valence-corrected chi connectivity index (χ4v) is 3.91. The van der Waals surface area contributed by atoms with Crippen molar-refractivity contribution in [2.45, 2.75) is 37.0 Å². The zero-order chi connectivity index (χ0) is 14.9. The van der Waals surface area contributed by atoms with E-state index in [4.69, 9.17) is 16.9 Å². The monoisotopic (exact) mass is 316 g/mol. The van der Waals surface area contributed by atoms with Crippen LogP contribution >= 0.6 is 11.6 Å². The van der Waals surface area contributed by atoms with E-state index in [1.165, 1.54) is 12.1 Å². The van der Waals surface area contributed by atoms with Crippen LogP contribution in [0.5, 0.6) is 0 Å². The van der Waals surface area contributed by atoms with Gasteiger partial charge in [0.2, 0.25) is 10.0 Å². The average Bonchev–Trinajstić information content (AvgIpc) is 3.08. The molecule has 1 aromatic rings. The van der Waals surface area contributed by atoms with Crippen LogP contribution in [-0.4, -0.2) is 19.7 Å². The number of nitriles is 1. The van der Waals surface area contributed by atoms with E-state index in [9.17, 15) is 12.8 Å². The van der Waals surface area contributed by atoms with Crippen LogP contribution in [-0.2, 0) is 10.0 Å². The van der Waals surface area contributed by atoms with Gasteiger partial charge in [-0.1, -0.05) is 24.6 Å². The van der Waals surface area contributed by atoms with E-state index in [1.54, 1.807) is 19.1 Å². The molecule has 1 saturated carbocycles. The standard InChI is InChI=1S/C13H14ClFN2O2S/c1-2-8(7-16)20(18,19)17-12-6-9(12)13-10(14)4-3-5-11(13)15/h3-5,8-9,12,17H,2,6H2,1H3. The number of hydrogen-bond donors (Lipinski definition) is 1. The third-order valence-electron chi connectivity index (χ3n) is 3.37. The molecular weight excluding hydrogens is 303 g/mol. The molecule has 1 aliphatic carbocycles. The first-order valence-corrected chi connectivity index (χ1v) is 8.17. The average molecular weight is 317 g/mol. The Morgan fingerprint density at radius 1 is 1.60 bits per heavy atom. The number of sulfonamides is 1. The molecule has 0 amide bonds. The fourth-order valence-electron chi connectivity index (χ4n) is 2.18. The topological polar surface area (TPSA) is 70.0 Å². The lowest BCUT2D eigenvalue weighted by Gasteiger charge is -2.10. The second kappa shape index (κ2) is 5.68. The minimum absolute atomic E-state index is 0.212. The molecular formula is C13H14ClFN2O2S. The van der Waals surface area contributed by atoms with E-state index in [2.05, 4.69) is 4.72 Å². The summed E-state index contributed by atoms with van der Waals surface area (Å²) in [7, 11) is -3.70. The molecule has 3 unspecified atom stereocenters. The minimum Gasteiger partial charge on any atom is -0.211 e. The Labute approximate surface area is 122 Å². The normalized spacial score (nSPS) is 23.1. The van der Waals surface area contributed by atoms with E-state index in [0.29, 0.717) is 17.0 Å². The number of halogens is 2. The molecule has 4 nitrogen and oxygen atoms in total. The molecule has 1 fully saturated rings. The molecule has 0 aliphatic heterocycles. The molecule has 1 aromatic carbocycles. The van der Waals surface area contributed by atoms with Gasteiger partial charge in [0, 0.05) is 22.5 Å². The quantitative estimate of drug-likeness (QED) is 0.907. The number of benzene rings is 1. The molecule has 0 saturated heterocycles. The van der Waals surface area contributed by atoms with Gasteiger partial charge in [-0.25, -0.2) is 17.5 Å². The van der Waals surface area contributed by atoms with E-state index >= 15 is 0 Å². The van der Waals surface area contributed by atoms with Gasteiger partial charge < -0.3 is 0 Å². The highest BCUT2D eigenvalue weighted by molar-refractivity contribution is 7.90. The van der Waals surface area contributed by atoms with Gasteiger partial charge in [0.25, 0.3) is 0 Å². The van der Waals surface area contributed by atoms with Crippen molar-refractivity contribution in [2.24, 2.45) is 0 Å². The summed E-state index contributed by atoms with van der Waals surface area (Å²) in [6, 6.07) is 5.74. The molecule has 3 atom stereocenters. The Kier molecular flexibility index (Phi) is 4.33. The lowest BCUT2D eigenvalue weighted by atomic mass is 10.1. The van der Waals surface area contributed by atoms with Crippen LogP contribution in [0, 0.1) is 17.1 Å². The van der Waals surface area contributed by atoms with Crippen molar-refractivity contribution in [1.82, 2.24) is 4.72 Å². The smallest absolute Gasteiger partial charge is 0.211 e. The number of rotatable bonds is 5. The van der Waals surface area contributed by atoms with Crippen molar-refractivity contribution < 1.29 is 12.8 Å². The maximum atomic E-state index is 13.7. The third-order valence-corrected chi connectivity index (χ3v) is 5.51. The first-order valence-electron chi connectivity index (χ1n) is 6.25. The fraction of sp³-hybridized carbons (Fsp3) is 0.462. The summed E-state index contributed by atoms with van der Waals surface area (Å²) in [4.78, 5) is 0. The van der Waals surface area contributed by atoms with Gasteiger partial charge >= 0.3 is 0 Å². The lowest BCUT2D eigenvalue weighted by molar-refractivity contribution is 0.569. The Bertz CT molecular complexity index is 637. The van der Waals surface area contributed by atoms with Gasteiger partial charge in [0.05, 0.1) is 6.07 Å². The maximum Gasteiger partial charge on any atom is 0.228 e. The van der Waals surface area contributed by atoms with Crippen molar-refractivity contribution in [3.63, 3.8) is 0 Å². The second-order valence-corrected chi connectivity index (χ2v) is 7.07. The summed E-state index contributed by atoms with van der Waals surface area (Å²) in [6.07, 6.45) is 0.700. The molecule has 20 heavy (non-hydrogen) atoms. The molecule has 2 rings (SSSR count). The summed E-state index contributed by atoms with van der Waals surface area (Å²) >= 11 is 5.95. The lowest BCUT2D eigenvalue weighted by Crippen LogP contribution is -2.35. The molecule has 7 heteroatoms. The number of nitrogens with zero attached hydrogens (tertiary/aromatic N) is 1. The molecule has 1 aliphatic rings. The first kappa shape index (κ1) is 15.2. The van der Waals surface area contributed by atoms with Crippen molar-refractivity contribution in [1.29, 1.82) is 5.26 Å². The zero-order valence-electron chi connectivity index (χ0n) is 10.8. The van der Waals surface area contributed by atoms with Crippen LogP contribution in [0.3, 0.4) is 0 Å². The Morgan fingerprint density at radius 2 is 2.30 bits per heavy atom. The van der Waals surface area contributed by atoms with Crippen molar-refractivity contribution in [2.75, 3.05) is 0 Å².